The van der Waals surface area contributed by atoms with Crippen LogP contribution in [-0.2, 0) is 14.6 Å². The maximum Gasteiger partial charge on any atom is 0.233 e. The number of methoxy groups -OCH3 is 1. The minimum Gasteiger partial charge on any atom is -0.497 e. The molecule has 0 saturated carbocycles. The monoisotopic (exact) mass is 349 g/mol. The minimum absolute atomic E-state index is 0.144. The lowest BCUT2D eigenvalue weighted by Gasteiger charge is -2.17. The number of hydrogen-bond acceptors (Lipinski definition) is 5. The molecule has 2 rings (SSSR count). The second kappa shape index (κ2) is 7.46. The van der Waals surface area contributed by atoms with Crippen molar-refractivity contribution in [3.8, 4) is 16.9 Å². The van der Waals surface area contributed by atoms with Crippen LogP contribution in [0.5, 0.6) is 5.75 Å². The maximum absolute atomic E-state index is 12.3. The number of rotatable bonds is 7. The molecule has 2 aromatic rings. The van der Waals surface area contributed by atoms with Crippen LogP contribution in [0.3, 0.4) is 0 Å². The van der Waals surface area contributed by atoms with E-state index in [0.29, 0.717) is 5.06 Å². The van der Waals surface area contributed by atoms with Crippen molar-refractivity contribution in [3.63, 3.8) is 0 Å². The third-order valence-corrected chi connectivity index (χ3v) is 5.57. The zero-order valence-corrected chi connectivity index (χ0v) is 14.2. The van der Waals surface area contributed by atoms with Gasteiger partial charge in [0.2, 0.25) is 6.41 Å². The summed E-state index contributed by atoms with van der Waals surface area (Å²) in [5.41, 5.74) is 1.82. The molecule has 0 saturated heterocycles. The van der Waals surface area contributed by atoms with E-state index in [0.717, 1.165) is 16.9 Å². The molecule has 1 N–H and O–H groups in total. The summed E-state index contributed by atoms with van der Waals surface area (Å²) in [6.07, 6.45) is 0.187. The molecule has 0 aliphatic carbocycles. The minimum atomic E-state index is -3.60. The lowest BCUT2D eigenvalue weighted by Crippen LogP contribution is -2.34. The second-order valence-corrected chi connectivity index (χ2v) is 7.40. The molecule has 6 nitrogen and oxygen atoms in total. The van der Waals surface area contributed by atoms with E-state index in [-0.39, 0.29) is 17.1 Å². The molecule has 0 fully saturated rings. The van der Waals surface area contributed by atoms with E-state index < -0.39 is 15.9 Å². The Kier molecular flexibility index (Phi) is 5.58. The molecule has 7 heteroatoms. The van der Waals surface area contributed by atoms with Gasteiger partial charge in [-0.05, 0) is 42.3 Å². The molecule has 0 aromatic heterocycles. The van der Waals surface area contributed by atoms with Gasteiger partial charge in [-0.25, -0.2) is 13.5 Å². The average molecular weight is 349 g/mol. The first-order valence-corrected chi connectivity index (χ1v) is 8.92. The number of carbonyl (C=O) groups is 1. The van der Waals surface area contributed by atoms with Crippen molar-refractivity contribution in [2.75, 3.05) is 12.9 Å². The number of hydrogen-bond donors (Lipinski definition) is 1. The molecule has 0 heterocycles. The van der Waals surface area contributed by atoms with Gasteiger partial charge < -0.3 is 4.74 Å². The quantitative estimate of drug-likeness (QED) is 0.471. The van der Waals surface area contributed by atoms with Gasteiger partial charge in [0.05, 0.1) is 23.8 Å². The number of nitrogens with zero attached hydrogens (tertiary/aromatic N) is 1. The molecule has 0 radical (unpaired) electrons. The first-order chi connectivity index (χ1) is 11.4. The first kappa shape index (κ1) is 18.0. The molecule has 1 unspecified atom stereocenters. The smallest absolute Gasteiger partial charge is 0.233 e. The van der Waals surface area contributed by atoms with Gasteiger partial charge in [-0.2, -0.15) is 0 Å². The standard InChI is InChI=1S/C17H19NO5S/c1-13(18(20)12-19)11-24(21,22)17-9-5-15(6-10-17)14-3-7-16(23-2)8-4-14/h3-10,12-13,20H,11H2,1-2H3. The highest BCUT2D eigenvalue weighted by Gasteiger charge is 2.21. The molecule has 24 heavy (non-hydrogen) atoms. The largest absolute Gasteiger partial charge is 0.497 e. The molecular weight excluding hydrogens is 330 g/mol. The number of ether oxygens (including phenoxy) is 1. The van der Waals surface area contributed by atoms with Crippen molar-refractivity contribution in [2.24, 2.45) is 0 Å². The average Bonchev–Trinajstić information content (AvgIpc) is 2.60. The SMILES string of the molecule is COc1ccc(-c2ccc(S(=O)(=O)CC(C)N(O)C=O)cc2)cc1. The van der Waals surface area contributed by atoms with Crippen LogP contribution in [0.1, 0.15) is 6.92 Å². The van der Waals surface area contributed by atoms with Crippen LogP contribution in [0.4, 0.5) is 0 Å². The number of hydroxylamine groups is 2. The van der Waals surface area contributed by atoms with Crippen LogP contribution in [0.15, 0.2) is 53.4 Å². The Morgan fingerprint density at radius 3 is 2.04 bits per heavy atom. The molecule has 1 atom stereocenters. The van der Waals surface area contributed by atoms with Crippen molar-refractivity contribution < 1.29 is 23.2 Å². The van der Waals surface area contributed by atoms with E-state index in [4.69, 9.17) is 4.74 Å². The van der Waals surface area contributed by atoms with Crippen molar-refractivity contribution in [1.82, 2.24) is 5.06 Å². The Morgan fingerprint density at radius 2 is 1.58 bits per heavy atom. The second-order valence-electron chi connectivity index (χ2n) is 5.37. The number of amides is 1. The zero-order chi connectivity index (χ0) is 17.7. The molecule has 128 valence electrons. The Bertz CT molecular complexity index is 785. The summed E-state index contributed by atoms with van der Waals surface area (Å²) < 4.78 is 29.8. The molecular formula is C17H19NO5S. The van der Waals surface area contributed by atoms with Crippen LogP contribution < -0.4 is 4.74 Å². The number of benzene rings is 2. The van der Waals surface area contributed by atoms with Crippen molar-refractivity contribution >= 4 is 16.2 Å². The summed E-state index contributed by atoms with van der Waals surface area (Å²) in [5.74, 6) is 0.389. The van der Waals surface area contributed by atoms with Crippen LogP contribution in [0.2, 0.25) is 0 Å². The Balaban J connectivity index is 2.19. The van der Waals surface area contributed by atoms with Crippen molar-refractivity contribution in [1.29, 1.82) is 0 Å². The number of sulfone groups is 1. The Labute approximate surface area is 141 Å². The predicted octanol–water partition coefficient (Wildman–Crippen LogP) is 2.37. The van der Waals surface area contributed by atoms with Gasteiger partial charge in [0.25, 0.3) is 0 Å². The molecule has 0 spiro atoms. The number of carbonyl (C=O) groups excluding carboxylic acids is 1. The highest BCUT2D eigenvalue weighted by Crippen LogP contribution is 2.24. The fourth-order valence-electron chi connectivity index (χ4n) is 2.23. The fraction of sp³-hybridized carbons (Fsp3) is 0.235. The van der Waals surface area contributed by atoms with Gasteiger partial charge in [0.1, 0.15) is 5.75 Å². The van der Waals surface area contributed by atoms with Gasteiger partial charge >= 0.3 is 0 Å². The maximum atomic E-state index is 12.3. The highest BCUT2D eigenvalue weighted by molar-refractivity contribution is 7.91. The Hall–Kier alpha value is -2.38. The normalized spacial score (nSPS) is 12.5. The summed E-state index contributed by atoms with van der Waals surface area (Å²) in [4.78, 5) is 10.6. The first-order valence-electron chi connectivity index (χ1n) is 7.27. The third-order valence-electron chi connectivity index (χ3n) is 3.66. The van der Waals surface area contributed by atoms with Crippen LogP contribution in [0, 0.1) is 0 Å². The summed E-state index contributed by atoms with van der Waals surface area (Å²) >= 11 is 0. The third kappa shape index (κ3) is 4.12. The Morgan fingerprint density at radius 1 is 1.08 bits per heavy atom. The van der Waals surface area contributed by atoms with E-state index in [1.54, 1.807) is 19.2 Å². The summed E-state index contributed by atoms with van der Waals surface area (Å²) in [7, 11) is -2.01. The van der Waals surface area contributed by atoms with E-state index in [1.807, 2.05) is 24.3 Å². The van der Waals surface area contributed by atoms with E-state index in [1.165, 1.54) is 19.1 Å². The summed E-state index contributed by atoms with van der Waals surface area (Å²) in [6, 6.07) is 13.1. The van der Waals surface area contributed by atoms with Gasteiger partial charge in [0, 0.05) is 0 Å². The van der Waals surface area contributed by atoms with Gasteiger partial charge in [-0.3, -0.25) is 10.0 Å². The zero-order valence-electron chi connectivity index (χ0n) is 13.4. The predicted molar refractivity (Wildman–Crippen MR) is 89.6 cm³/mol. The molecule has 0 aliphatic rings. The van der Waals surface area contributed by atoms with Crippen molar-refractivity contribution in [3.05, 3.63) is 48.5 Å². The van der Waals surface area contributed by atoms with Crippen LogP contribution >= 0.6 is 0 Å². The van der Waals surface area contributed by atoms with Gasteiger partial charge in [-0.15, -0.1) is 0 Å². The van der Waals surface area contributed by atoms with Crippen molar-refractivity contribution in [2.45, 2.75) is 17.9 Å². The molecule has 1 amide bonds. The fourth-order valence-corrected chi connectivity index (χ4v) is 3.76. The summed E-state index contributed by atoms with van der Waals surface area (Å²) in [6.45, 7) is 1.46. The highest BCUT2D eigenvalue weighted by atomic mass is 32.2. The van der Waals surface area contributed by atoms with E-state index >= 15 is 0 Å². The van der Waals surface area contributed by atoms with E-state index in [9.17, 15) is 18.4 Å². The summed E-state index contributed by atoms with van der Waals surface area (Å²) in [5, 5.41) is 9.61. The lowest BCUT2D eigenvalue weighted by atomic mass is 10.1. The van der Waals surface area contributed by atoms with Gasteiger partial charge in [0.15, 0.2) is 9.84 Å². The molecule has 0 aliphatic heterocycles. The topological polar surface area (TPSA) is 83.9 Å². The van der Waals surface area contributed by atoms with Crippen LogP contribution in [-0.4, -0.2) is 44.0 Å². The van der Waals surface area contributed by atoms with E-state index in [2.05, 4.69) is 0 Å². The van der Waals surface area contributed by atoms with Crippen LogP contribution in [0.25, 0.3) is 11.1 Å². The lowest BCUT2D eigenvalue weighted by molar-refractivity contribution is -0.156. The molecule has 0 bridgehead atoms. The molecule has 2 aromatic carbocycles. The van der Waals surface area contributed by atoms with Gasteiger partial charge in [-0.1, -0.05) is 24.3 Å².